The third-order valence-corrected chi connectivity index (χ3v) is 2.99. The first-order valence-corrected chi connectivity index (χ1v) is 4.55. The fraction of sp³-hybridized carbons (Fsp3) is 1.00. The van der Waals surface area contributed by atoms with Gasteiger partial charge in [-0.05, 0) is 14.1 Å². The van der Waals surface area contributed by atoms with Crippen molar-refractivity contribution in [2.75, 3.05) is 26.0 Å². The molecule has 0 saturated heterocycles. The molecule has 0 aliphatic heterocycles. The maximum atomic E-state index is 3.49. The van der Waals surface area contributed by atoms with E-state index in [0.717, 1.165) is 11.9 Å². The molecule has 58 valence electrons. The second-order valence-corrected chi connectivity index (χ2v) is 3.96. The van der Waals surface area contributed by atoms with Crippen molar-refractivity contribution in [3.05, 3.63) is 0 Å². The van der Waals surface area contributed by atoms with E-state index >= 15 is 0 Å². The normalized spacial score (nSPS) is 13.0. The average molecular weight is 326 g/mol. The molecule has 0 saturated carbocycles. The molecular formula is C5H12Br3N. The molecule has 9 heavy (non-hydrogen) atoms. The molecule has 0 heterocycles. The van der Waals surface area contributed by atoms with Gasteiger partial charge in [0.15, 0.2) is 0 Å². The fourth-order valence-electron chi connectivity index (χ4n) is 0.445. The van der Waals surface area contributed by atoms with Crippen molar-refractivity contribution in [2.45, 2.75) is 4.83 Å². The van der Waals surface area contributed by atoms with Crippen LogP contribution in [0.4, 0.5) is 0 Å². The van der Waals surface area contributed by atoms with E-state index in [1.54, 1.807) is 0 Å². The van der Waals surface area contributed by atoms with Gasteiger partial charge < -0.3 is 4.90 Å². The van der Waals surface area contributed by atoms with E-state index in [1.807, 2.05) is 0 Å². The molecule has 0 aliphatic carbocycles. The molecule has 0 radical (unpaired) electrons. The Labute approximate surface area is 84.2 Å². The summed E-state index contributed by atoms with van der Waals surface area (Å²) in [6.07, 6.45) is 0. The summed E-state index contributed by atoms with van der Waals surface area (Å²) in [5, 5.41) is 1.02. The van der Waals surface area contributed by atoms with Crippen LogP contribution in [-0.2, 0) is 0 Å². The molecule has 1 nitrogen and oxygen atoms in total. The molecule has 0 aromatic rings. The first-order valence-electron chi connectivity index (χ1n) is 2.51. The lowest BCUT2D eigenvalue weighted by Gasteiger charge is -2.11. The molecule has 0 amide bonds. The third-order valence-electron chi connectivity index (χ3n) is 0.731. The van der Waals surface area contributed by atoms with Crippen molar-refractivity contribution in [2.24, 2.45) is 0 Å². The average Bonchev–Trinajstić information content (AvgIpc) is 1.65. The Balaban J connectivity index is 0. The van der Waals surface area contributed by atoms with Crippen LogP contribution < -0.4 is 0 Å². The van der Waals surface area contributed by atoms with Crippen LogP contribution in [0, 0.1) is 0 Å². The van der Waals surface area contributed by atoms with Crippen LogP contribution in [0.3, 0.4) is 0 Å². The Hall–Kier alpha value is 1.40. The van der Waals surface area contributed by atoms with Crippen LogP contribution in [-0.4, -0.2) is 35.7 Å². The summed E-state index contributed by atoms with van der Waals surface area (Å²) in [5.74, 6) is 0. The van der Waals surface area contributed by atoms with Gasteiger partial charge in [0, 0.05) is 16.7 Å². The van der Waals surface area contributed by atoms with Gasteiger partial charge in [-0.15, -0.1) is 17.0 Å². The summed E-state index contributed by atoms with van der Waals surface area (Å²) in [6, 6.07) is 0. The van der Waals surface area contributed by atoms with Crippen LogP contribution in [0.15, 0.2) is 0 Å². The van der Waals surface area contributed by atoms with Crippen molar-refractivity contribution in [1.29, 1.82) is 0 Å². The van der Waals surface area contributed by atoms with E-state index < -0.39 is 0 Å². The Kier molecular flexibility index (Phi) is 10.9. The minimum atomic E-state index is 0. The van der Waals surface area contributed by atoms with Crippen molar-refractivity contribution in [3.63, 3.8) is 0 Å². The number of rotatable bonds is 3. The molecule has 0 aromatic heterocycles. The number of nitrogens with zero attached hydrogens (tertiary/aromatic N) is 1. The summed E-state index contributed by atoms with van der Waals surface area (Å²) in [4.78, 5) is 2.73. The van der Waals surface area contributed by atoms with Crippen LogP contribution in [0.2, 0.25) is 0 Å². The molecule has 0 fully saturated rings. The van der Waals surface area contributed by atoms with Crippen LogP contribution in [0.1, 0.15) is 0 Å². The minimum absolute atomic E-state index is 0. The summed E-state index contributed by atoms with van der Waals surface area (Å²) < 4.78 is 0. The number of hydrogen-bond donors (Lipinski definition) is 0. The molecule has 0 bridgehead atoms. The van der Waals surface area contributed by atoms with E-state index in [0.29, 0.717) is 4.83 Å². The zero-order valence-corrected chi connectivity index (χ0v) is 10.5. The summed E-state index contributed by atoms with van der Waals surface area (Å²) >= 11 is 6.86. The molecule has 0 aliphatic rings. The maximum absolute atomic E-state index is 3.49. The molecule has 0 rings (SSSR count). The van der Waals surface area contributed by atoms with E-state index in [9.17, 15) is 0 Å². The quantitative estimate of drug-likeness (QED) is 0.720. The van der Waals surface area contributed by atoms with Crippen LogP contribution in [0.5, 0.6) is 0 Å². The highest BCUT2D eigenvalue weighted by Gasteiger charge is 2.00. The van der Waals surface area contributed by atoms with Crippen molar-refractivity contribution >= 4 is 48.8 Å². The van der Waals surface area contributed by atoms with Gasteiger partial charge in [-0.2, -0.15) is 0 Å². The molecule has 1 unspecified atom stereocenters. The zero-order chi connectivity index (χ0) is 6.57. The topological polar surface area (TPSA) is 3.24 Å². The van der Waals surface area contributed by atoms with Crippen molar-refractivity contribution in [3.8, 4) is 0 Å². The monoisotopic (exact) mass is 323 g/mol. The number of alkyl halides is 2. The van der Waals surface area contributed by atoms with Crippen molar-refractivity contribution in [1.82, 2.24) is 4.90 Å². The van der Waals surface area contributed by atoms with E-state index in [1.165, 1.54) is 0 Å². The highest BCUT2D eigenvalue weighted by Crippen LogP contribution is 2.03. The summed E-state index contributed by atoms with van der Waals surface area (Å²) in [7, 11) is 4.13. The first kappa shape index (κ1) is 13.0. The first-order chi connectivity index (χ1) is 3.66. The smallest absolute Gasteiger partial charge is 0.0369 e. The predicted octanol–water partition coefficient (Wildman–Crippen LogP) is 2.28. The summed E-state index contributed by atoms with van der Waals surface area (Å²) in [5.41, 5.74) is 0. The molecule has 4 heteroatoms. The highest BCUT2D eigenvalue weighted by molar-refractivity contribution is 9.12. The fourth-order valence-corrected chi connectivity index (χ4v) is 1.23. The zero-order valence-electron chi connectivity index (χ0n) is 5.60. The molecule has 0 N–H and O–H groups in total. The Bertz CT molecular complexity index is 58.2. The Morgan fingerprint density at radius 3 is 2.00 bits per heavy atom. The third kappa shape index (κ3) is 9.40. The van der Waals surface area contributed by atoms with Crippen LogP contribution in [0.25, 0.3) is 0 Å². The molecule has 0 aromatic carbocycles. The molecule has 0 spiro atoms. The van der Waals surface area contributed by atoms with E-state index in [2.05, 4.69) is 50.9 Å². The van der Waals surface area contributed by atoms with Gasteiger partial charge in [0.25, 0.3) is 0 Å². The van der Waals surface area contributed by atoms with Gasteiger partial charge in [0.1, 0.15) is 0 Å². The van der Waals surface area contributed by atoms with Gasteiger partial charge in [0.05, 0.1) is 0 Å². The second kappa shape index (κ2) is 7.51. The summed E-state index contributed by atoms with van der Waals surface area (Å²) in [6.45, 7) is 1.09. The van der Waals surface area contributed by atoms with E-state index in [4.69, 9.17) is 0 Å². The van der Waals surface area contributed by atoms with Crippen molar-refractivity contribution < 1.29 is 0 Å². The van der Waals surface area contributed by atoms with E-state index in [-0.39, 0.29) is 17.0 Å². The van der Waals surface area contributed by atoms with Gasteiger partial charge in [-0.3, -0.25) is 0 Å². The number of hydrogen-bond acceptors (Lipinski definition) is 1. The van der Waals surface area contributed by atoms with Gasteiger partial charge in [0.2, 0.25) is 0 Å². The highest BCUT2D eigenvalue weighted by atomic mass is 79.9. The second-order valence-electron chi connectivity index (χ2n) is 2.01. The predicted molar refractivity (Wildman–Crippen MR) is 55.4 cm³/mol. The van der Waals surface area contributed by atoms with Crippen LogP contribution >= 0.6 is 48.8 Å². The lowest BCUT2D eigenvalue weighted by atomic mass is 10.5. The van der Waals surface area contributed by atoms with Gasteiger partial charge in [-0.25, -0.2) is 0 Å². The lowest BCUT2D eigenvalue weighted by Crippen LogP contribution is -2.22. The van der Waals surface area contributed by atoms with Gasteiger partial charge in [-0.1, -0.05) is 31.9 Å². The SMILES string of the molecule is Br.CN(C)CC(Br)CBr. The standard InChI is InChI=1S/C5H11Br2N.BrH/c1-8(2)4-5(7)3-6;/h5H,3-4H2,1-2H3;1H. The lowest BCUT2D eigenvalue weighted by molar-refractivity contribution is 0.417. The largest absolute Gasteiger partial charge is 0.308 e. The Morgan fingerprint density at radius 2 is 1.89 bits per heavy atom. The Morgan fingerprint density at radius 1 is 1.44 bits per heavy atom. The van der Waals surface area contributed by atoms with Gasteiger partial charge >= 0.3 is 0 Å². The number of halogens is 3. The molecule has 1 atom stereocenters. The molecular weight excluding hydrogens is 314 g/mol. The minimum Gasteiger partial charge on any atom is -0.308 e. The maximum Gasteiger partial charge on any atom is 0.0369 e.